The van der Waals surface area contributed by atoms with Crippen molar-refractivity contribution in [2.75, 3.05) is 24.5 Å². The maximum atomic E-state index is 11.9. The van der Waals surface area contributed by atoms with Crippen molar-refractivity contribution >= 4 is 29.0 Å². The smallest absolute Gasteiger partial charge is 0.219 e. The first-order valence-electron chi connectivity index (χ1n) is 10.2. The van der Waals surface area contributed by atoms with Crippen molar-refractivity contribution in [2.45, 2.75) is 32.2 Å². The van der Waals surface area contributed by atoms with Crippen LogP contribution in [0.3, 0.4) is 0 Å². The van der Waals surface area contributed by atoms with Crippen LogP contribution in [0.15, 0.2) is 29.6 Å². The molecule has 1 amide bonds. The number of amides is 1. The quantitative estimate of drug-likeness (QED) is 0.782. The van der Waals surface area contributed by atoms with Gasteiger partial charge in [-0.2, -0.15) is 10.2 Å². The molecule has 1 aromatic carbocycles. The summed E-state index contributed by atoms with van der Waals surface area (Å²) in [6.07, 6.45) is 6.74. The fraction of sp³-hybridized carbons (Fsp3) is 0.476. The number of aromatic nitrogens is 2. The van der Waals surface area contributed by atoms with E-state index < -0.39 is 0 Å². The fourth-order valence-corrected chi connectivity index (χ4v) is 5.17. The van der Waals surface area contributed by atoms with Gasteiger partial charge in [-0.05, 0) is 30.9 Å². The van der Waals surface area contributed by atoms with Crippen molar-refractivity contribution in [3.8, 4) is 11.1 Å². The highest BCUT2D eigenvalue weighted by Gasteiger charge is 2.41. The number of hydrazone groups is 1. The maximum absolute atomic E-state index is 11.9. The van der Waals surface area contributed by atoms with Gasteiger partial charge >= 0.3 is 0 Å². The average Bonchev–Trinajstić information content (AvgIpc) is 3.33. The highest BCUT2D eigenvalue weighted by atomic mass is 35.5. The van der Waals surface area contributed by atoms with Crippen LogP contribution in [0.1, 0.15) is 25.3 Å². The van der Waals surface area contributed by atoms with Gasteiger partial charge in [0, 0.05) is 56.6 Å². The number of nitrogens with zero attached hydrogens (tertiary/aromatic N) is 5. The minimum Gasteiger partial charge on any atom is -0.342 e. The zero-order valence-electron chi connectivity index (χ0n) is 16.7. The molecule has 1 fully saturated rings. The highest BCUT2D eigenvalue weighted by molar-refractivity contribution is 6.34. The highest BCUT2D eigenvalue weighted by Crippen LogP contribution is 2.40. The number of likely N-dealkylation sites (tertiary alicyclic amines) is 1. The second-order valence-corrected chi connectivity index (χ2v) is 8.53. The molecule has 3 aliphatic rings. The molecule has 3 aliphatic heterocycles. The average molecular weight is 413 g/mol. The van der Waals surface area contributed by atoms with Crippen molar-refractivity contribution in [1.82, 2.24) is 20.1 Å². The third-order valence-electron chi connectivity index (χ3n) is 6.34. The second-order valence-electron chi connectivity index (χ2n) is 8.15. The van der Waals surface area contributed by atoms with Gasteiger partial charge in [0.1, 0.15) is 5.84 Å². The summed E-state index contributed by atoms with van der Waals surface area (Å²) in [5, 5.41) is 9.79. The van der Waals surface area contributed by atoms with Crippen LogP contribution in [-0.4, -0.2) is 52.1 Å². The molecule has 0 bridgehead atoms. The molecule has 2 aromatic rings. The maximum Gasteiger partial charge on any atom is 0.219 e. The van der Waals surface area contributed by atoms with E-state index in [9.17, 15) is 4.79 Å². The van der Waals surface area contributed by atoms with Crippen LogP contribution in [0.2, 0.25) is 5.02 Å². The Morgan fingerprint density at radius 1 is 1.31 bits per heavy atom. The van der Waals surface area contributed by atoms with E-state index in [1.807, 2.05) is 24.3 Å². The van der Waals surface area contributed by atoms with Crippen LogP contribution in [0.25, 0.3) is 11.1 Å². The fourth-order valence-electron chi connectivity index (χ4n) is 4.80. The van der Waals surface area contributed by atoms with Gasteiger partial charge in [0.15, 0.2) is 0 Å². The first kappa shape index (κ1) is 18.5. The van der Waals surface area contributed by atoms with Crippen LogP contribution in [-0.2, 0) is 18.3 Å². The van der Waals surface area contributed by atoms with E-state index in [-0.39, 0.29) is 11.8 Å². The lowest BCUT2D eigenvalue weighted by Gasteiger charge is -2.38. The molecule has 0 spiro atoms. The number of carbonyl (C=O) groups is 1. The summed E-state index contributed by atoms with van der Waals surface area (Å²) in [4.78, 5) is 16.2. The Kier molecular flexibility index (Phi) is 4.50. The van der Waals surface area contributed by atoms with E-state index in [1.165, 1.54) is 5.56 Å². The molecule has 1 saturated heterocycles. The molecule has 8 heteroatoms. The Morgan fingerprint density at radius 3 is 2.93 bits per heavy atom. The normalized spacial score (nSPS) is 23.3. The van der Waals surface area contributed by atoms with Crippen molar-refractivity contribution in [3.63, 3.8) is 0 Å². The van der Waals surface area contributed by atoms with Crippen LogP contribution < -0.4 is 10.3 Å². The van der Waals surface area contributed by atoms with Crippen LogP contribution in [0, 0.1) is 5.92 Å². The van der Waals surface area contributed by atoms with Gasteiger partial charge < -0.3 is 15.2 Å². The lowest BCUT2D eigenvalue weighted by Crippen LogP contribution is -2.52. The molecule has 1 aromatic heterocycles. The Balaban J connectivity index is 1.48. The number of aryl methyl sites for hydroxylation is 1. The van der Waals surface area contributed by atoms with Crippen molar-refractivity contribution < 1.29 is 4.79 Å². The number of piperidine rings is 1. The lowest BCUT2D eigenvalue weighted by atomic mass is 9.90. The first-order chi connectivity index (χ1) is 14.0. The number of anilines is 1. The number of hydrogen-bond donors (Lipinski definition) is 1. The molecule has 29 heavy (non-hydrogen) atoms. The van der Waals surface area contributed by atoms with Crippen LogP contribution in [0.4, 0.5) is 5.69 Å². The van der Waals surface area contributed by atoms with Gasteiger partial charge in [-0.1, -0.05) is 17.7 Å². The summed E-state index contributed by atoms with van der Waals surface area (Å²) in [5.74, 6) is 1.39. The second kappa shape index (κ2) is 7.06. The summed E-state index contributed by atoms with van der Waals surface area (Å²) < 4.78 is 1.79. The molecule has 1 N–H and O–H groups in total. The summed E-state index contributed by atoms with van der Waals surface area (Å²) in [6.45, 7) is 4.08. The molecular formula is C21H25ClN6O. The van der Waals surface area contributed by atoms with Crippen molar-refractivity contribution in [3.05, 3.63) is 35.1 Å². The van der Waals surface area contributed by atoms with E-state index in [4.69, 9.17) is 16.7 Å². The number of nitrogens with one attached hydrogen (secondary N) is 1. The largest absolute Gasteiger partial charge is 0.342 e. The standard InChI is InChI=1S/C21H25ClN6O/c1-13(29)27-9-7-18-17(12-27)21(25-24-18)28-8-3-4-16-19(28)6-5-15(20(16)22)14-10-23-26(2)11-14/h5-6,10-11,17-18,24H,3-4,7-9,12H2,1-2H3. The third kappa shape index (κ3) is 3.08. The van der Waals surface area contributed by atoms with Gasteiger partial charge in [-0.15, -0.1) is 0 Å². The van der Waals surface area contributed by atoms with Crippen molar-refractivity contribution in [1.29, 1.82) is 0 Å². The van der Waals surface area contributed by atoms with E-state index in [0.717, 1.165) is 66.6 Å². The van der Waals surface area contributed by atoms with Gasteiger partial charge in [0.25, 0.3) is 0 Å². The number of carbonyl (C=O) groups excluding carboxylic acids is 1. The number of amidine groups is 1. The number of benzene rings is 1. The van der Waals surface area contributed by atoms with E-state index in [1.54, 1.807) is 11.6 Å². The lowest BCUT2D eigenvalue weighted by molar-refractivity contribution is -0.130. The number of rotatable bonds is 1. The van der Waals surface area contributed by atoms with Crippen molar-refractivity contribution in [2.24, 2.45) is 18.1 Å². The number of fused-ring (bicyclic) bond motifs is 2. The predicted molar refractivity (Wildman–Crippen MR) is 114 cm³/mol. The molecule has 0 radical (unpaired) electrons. The van der Waals surface area contributed by atoms with E-state index in [2.05, 4.69) is 27.6 Å². The van der Waals surface area contributed by atoms with Gasteiger partial charge in [0.2, 0.25) is 5.91 Å². The Labute approximate surface area is 175 Å². The molecule has 7 nitrogen and oxygen atoms in total. The third-order valence-corrected chi connectivity index (χ3v) is 6.78. The molecule has 152 valence electrons. The van der Waals surface area contributed by atoms with Crippen LogP contribution in [0.5, 0.6) is 0 Å². The zero-order chi connectivity index (χ0) is 20.1. The summed E-state index contributed by atoms with van der Waals surface area (Å²) in [7, 11) is 1.91. The molecule has 0 aliphatic carbocycles. The van der Waals surface area contributed by atoms with Gasteiger partial charge in [0.05, 0.1) is 23.2 Å². The minimum atomic E-state index is 0.137. The predicted octanol–water partition coefficient (Wildman–Crippen LogP) is 2.65. The molecule has 4 heterocycles. The molecule has 2 unspecified atom stereocenters. The first-order valence-corrected chi connectivity index (χ1v) is 10.6. The Hall–Kier alpha value is -2.54. The summed E-state index contributed by atoms with van der Waals surface area (Å²) in [5.41, 5.74) is 7.67. The Morgan fingerprint density at radius 2 is 2.17 bits per heavy atom. The zero-order valence-corrected chi connectivity index (χ0v) is 17.5. The summed E-state index contributed by atoms with van der Waals surface area (Å²) >= 11 is 6.87. The minimum absolute atomic E-state index is 0.137. The Bertz CT molecular complexity index is 999. The van der Waals surface area contributed by atoms with E-state index in [0.29, 0.717) is 6.04 Å². The molecule has 2 atom stereocenters. The number of hydrogen-bond acceptors (Lipinski definition) is 5. The molecule has 5 rings (SSSR count). The topological polar surface area (TPSA) is 65.8 Å². The SMILES string of the molecule is CC(=O)N1CCC2NN=C(N3CCCc4c3ccc(-c3cnn(C)c3)c4Cl)C2C1. The van der Waals surface area contributed by atoms with E-state index >= 15 is 0 Å². The van der Waals surface area contributed by atoms with Gasteiger partial charge in [-0.3, -0.25) is 9.48 Å². The van der Waals surface area contributed by atoms with Crippen LogP contribution >= 0.6 is 11.6 Å². The van der Waals surface area contributed by atoms with Gasteiger partial charge in [-0.25, -0.2) is 0 Å². The summed E-state index contributed by atoms with van der Waals surface area (Å²) in [6, 6.07) is 4.54. The molecular weight excluding hydrogens is 388 g/mol. The monoisotopic (exact) mass is 412 g/mol. The number of halogens is 1. The molecule has 0 saturated carbocycles.